The van der Waals surface area contributed by atoms with E-state index in [1.54, 1.807) is 0 Å². The van der Waals surface area contributed by atoms with E-state index in [0.29, 0.717) is 18.4 Å². The first-order valence-corrected chi connectivity index (χ1v) is 4.77. The highest BCUT2D eigenvalue weighted by atomic mass is 35.5. The number of aliphatic hydroxyl groups excluding tert-OH is 2. The van der Waals surface area contributed by atoms with Crippen LogP contribution in [0.2, 0.25) is 5.02 Å². The maximum Gasteiger partial charge on any atom is 0.141 e. The Kier molecular flexibility index (Phi) is 4.32. The SMILES string of the molecule is OCCCC(O)c1ccc(F)c(Cl)c1. The molecule has 14 heavy (non-hydrogen) atoms. The van der Waals surface area contributed by atoms with Crippen LogP contribution in [-0.4, -0.2) is 16.8 Å². The molecule has 1 aromatic carbocycles. The van der Waals surface area contributed by atoms with Gasteiger partial charge in [-0.3, -0.25) is 0 Å². The summed E-state index contributed by atoms with van der Waals surface area (Å²) in [5.41, 5.74) is 0.574. The maximum atomic E-state index is 12.8. The van der Waals surface area contributed by atoms with Crippen LogP contribution in [0, 0.1) is 5.82 Å². The van der Waals surface area contributed by atoms with Gasteiger partial charge in [-0.2, -0.15) is 0 Å². The van der Waals surface area contributed by atoms with Gasteiger partial charge in [0.2, 0.25) is 0 Å². The van der Waals surface area contributed by atoms with Gasteiger partial charge in [0, 0.05) is 6.61 Å². The van der Waals surface area contributed by atoms with Crippen LogP contribution in [0.5, 0.6) is 0 Å². The van der Waals surface area contributed by atoms with Crippen molar-refractivity contribution in [2.45, 2.75) is 18.9 Å². The third kappa shape index (κ3) is 2.94. The molecular weight excluding hydrogens is 207 g/mol. The summed E-state index contributed by atoms with van der Waals surface area (Å²) in [6, 6.07) is 4.11. The quantitative estimate of drug-likeness (QED) is 0.814. The van der Waals surface area contributed by atoms with Crippen molar-refractivity contribution in [2.75, 3.05) is 6.61 Å². The van der Waals surface area contributed by atoms with Gasteiger partial charge in [-0.05, 0) is 30.5 Å². The Labute approximate surface area is 86.9 Å². The fourth-order valence-corrected chi connectivity index (χ4v) is 1.36. The van der Waals surface area contributed by atoms with Gasteiger partial charge in [0.25, 0.3) is 0 Å². The molecule has 1 aromatic rings. The van der Waals surface area contributed by atoms with E-state index in [0.717, 1.165) is 0 Å². The summed E-state index contributed by atoms with van der Waals surface area (Å²) in [6.07, 6.45) is 0.259. The first-order valence-electron chi connectivity index (χ1n) is 4.39. The minimum absolute atomic E-state index is 0.00514. The van der Waals surface area contributed by atoms with Gasteiger partial charge in [-0.25, -0.2) is 4.39 Å². The molecule has 0 aliphatic heterocycles. The third-order valence-electron chi connectivity index (χ3n) is 1.96. The molecule has 0 amide bonds. The summed E-state index contributed by atoms with van der Waals surface area (Å²) in [4.78, 5) is 0. The van der Waals surface area contributed by atoms with Gasteiger partial charge in [0.1, 0.15) is 5.82 Å². The van der Waals surface area contributed by atoms with Gasteiger partial charge >= 0.3 is 0 Å². The predicted octanol–water partition coefficient (Wildman–Crippen LogP) is 2.29. The largest absolute Gasteiger partial charge is 0.396 e. The van der Waals surface area contributed by atoms with Crippen LogP contribution in [0.25, 0.3) is 0 Å². The molecule has 0 aliphatic rings. The first kappa shape index (κ1) is 11.4. The highest BCUT2D eigenvalue weighted by molar-refractivity contribution is 6.30. The Morgan fingerprint density at radius 1 is 1.43 bits per heavy atom. The van der Waals surface area contributed by atoms with Crippen molar-refractivity contribution in [3.63, 3.8) is 0 Å². The topological polar surface area (TPSA) is 40.5 Å². The van der Waals surface area contributed by atoms with E-state index in [1.807, 2.05) is 0 Å². The lowest BCUT2D eigenvalue weighted by Crippen LogP contribution is -1.99. The van der Waals surface area contributed by atoms with E-state index >= 15 is 0 Å². The molecule has 0 aliphatic carbocycles. The average molecular weight is 219 g/mol. The molecule has 0 fully saturated rings. The second-order valence-electron chi connectivity index (χ2n) is 3.06. The van der Waals surface area contributed by atoms with Gasteiger partial charge in [0.15, 0.2) is 0 Å². The van der Waals surface area contributed by atoms with E-state index < -0.39 is 11.9 Å². The molecule has 2 N–H and O–H groups in total. The molecule has 1 unspecified atom stereocenters. The van der Waals surface area contributed by atoms with Crippen molar-refractivity contribution in [3.05, 3.63) is 34.6 Å². The van der Waals surface area contributed by atoms with E-state index in [1.165, 1.54) is 18.2 Å². The normalized spacial score (nSPS) is 12.9. The second kappa shape index (κ2) is 5.29. The van der Waals surface area contributed by atoms with Crippen LogP contribution < -0.4 is 0 Å². The highest BCUT2D eigenvalue weighted by Gasteiger charge is 2.09. The van der Waals surface area contributed by atoms with Crippen molar-refractivity contribution in [1.82, 2.24) is 0 Å². The van der Waals surface area contributed by atoms with Crippen LogP contribution in [0.4, 0.5) is 4.39 Å². The first-order chi connectivity index (χ1) is 6.65. The Hall–Kier alpha value is -0.640. The number of aliphatic hydroxyl groups is 2. The Bertz CT molecular complexity index is 304. The van der Waals surface area contributed by atoms with E-state index in [2.05, 4.69) is 0 Å². The van der Waals surface area contributed by atoms with Crippen LogP contribution in [0.1, 0.15) is 24.5 Å². The van der Waals surface area contributed by atoms with E-state index in [4.69, 9.17) is 16.7 Å². The number of hydrogen-bond acceptors (Lipinski definition) is 2. The summed E-state index contributed by atoms with van der Waals surface area (Å²) < 4.78 is 12.8. The molecule has 0 radical (unpaired) electrons. The Morgan fingerprint density at radius 3 is 2.71 bits per heavy atom. The molecule has 1 atom stereocenters. The van der Waals surface area contributed by atoms with Gasteiger partial charge in [0.05, 0.1) is 11.1 Å². The van der Waals surface area contributed by atoms with Gasteiger partial charge in [-0.15, -0.1) is 0 Å². The van der Waals surface area contributed by atoms with Crippen molar-refractivity contribution >= 4 is 11.6 Å². The Morgan fingerprint density at radius 2 is 2.14 bits per heavy atom. The number of hydrogen-bond donors (Lipinski definition) is 2. The van der Waals surface area contributed by atoms with Crippen molar-refractivity contribution in [2.24, 2.45) is 0 Å². The summed E-state index contributed by atoms with van der Waals surface area (Å²) in [5.74, 6) is -0.496. The zero-order chi connectivity index (χ0) is 10.6. The lowest BCUT2D eigenvalue weighted by molar-refractivity contribution is 0.152. The lowest BCUT2D eigenvalue weighted by atomic mass is 10.1. The molecule has 0 saturated carbocycles. The molecule has 2 nitrogen and oxygen atoms in total. The molecule has 0 spiro atoms. The fraction of sp³-hybridized carbons (Fsp3) is 0.400. The second-order valence-corrected chi connectivity index (χ2v) is 3.46. The summed E-state index contributed by atoms with van der Waals surface area (Å²) in [5, 5.41) is 18.1. The third-order valence-corrected chi connectivity index (χ3v) is 2.25. The maximum absolute atomic E-state index is 12.8. The smallest absolute Gasteiger partial charge is 0.141 e. The monoisotopic (exact) mass is 218 g/mol. The molecule has 0 saturated heterocycles. The lowest BCUT2D eigenvalue weighted by Gasteiger charge is -2.10. The van der Waals surface area contributed by atoms with Crippen molar-refractivity contribution in [1.29, 1.82) is 0 Å². The molecule has 4 heteroatoms. The van der Waals surface area contributed by atoms with Crippen LogP contribution in [0.3, 0.4) is 0 Å². The van der Waals surface area contributed by atoms with E-state index in [-0.39, 0.29) is 11.6 Å². The minimum Gasteiger partial charge on any atom is -0.396 e. The van der Waals surface area contributed by atoms with Crippen LogP contribution in [0.15, 0.2) is 18.2 Å². The standard InChI is InChI=1S/C10H12ClFO2/c11-8-6-7(3-4-9(8)12)10(14)2-1-5-13/h3-4,6,10,13-14H,1-2,5H2. The van der Waals surface area contributed by atoms with Gasteiger partial charge in [-0.1, -0.05) is 17.7 Å². The molecule has 78 valence electrons. The molecule has 0 heterocycles. The molecular formula is C10H12ClFO2. The number of halogens is 2. The Balaban J connectivity index is 2.70. The van der Waals surface area contributed by atoms with Crippen LogP contribution in [-0.2, 0) is 0 Å². The predicted molar refractivity (Wildman–Crippen MR) is 52.7 cm³/mol. The summed E-state index contributed by atoms with van der Waals surface area (Å²) >= 11 is 5.56. The average Bonchev–Trinajstić information content (AvgIpc) is 2.18. The number of rotatable bonds is 4. The molecule has 0 aromatic heterocycles. The zero-order valence-electron chi connectivity index (χ0n) is 7.58. The number of benzene rings is 1. The molecule has 0 bridgehead atoms. The summed E-state index contributed by atoms with van der Waals surface area (Å²) in [7, 11) is 0. The molecule has 1 rings (SSSR count). The van der Waals surface area contributed by atoms with E-state index in [9.17, 15) is 9.50 Å². The fourth-order valence-electron chi connectivity index (χ4n) is 1.17. The zero-order valence-corrected chi connectivity index (χ0v) is 8.34. The van der Waals surface area contributed by atoms with Gasteiger partial charge < -0.3 is 10.2 Å². The van der Waals surface area contributed by atoms with Crippen molar-refractivity contribution < 1.29 is 14.6 Å². The highest BCUT2D eigenvalue weighted by Crippen LogP contribution is 2.23. The van der Waals surface area contributed by atoms with Crippen molar-refractivity contribution in [3.8, 4) is 0 Å². The minimum atomic E-state index is -0.694. The summed E-state index contributed by atoms with van der Waals surface area (Å²) in [6.45, 7) is 0.0337. The van der Waals surface area contributed by atoms with Crippen LogP contribution >= 0.6 is 11.6 Å².